The molecule has 31 heavy (non-hydrogen) atoms. The van der Waals surface area contributed by atoms with E-state index >= 15 is 0 Å². The van der Waals surface area contributed by atoms with Gasteiger partial charge >= 0.3 is 0 Å². The lowest BCUT2D eigenvalue weighted by Crippen LogP contribution is -2.56. The molecule has 4 aliphatic carbocycles. The van der Waals surface area contributed by atoms with Crippen molar-refractivity contribution in [3.05, 3.63) is 48.5 Å². The number of rotatable bonds is 5. The highest BCUT2D eigenvalue weighted by molar-refractivity contribution is 7.99. The number of nitrogens with one attached hydrogen (secondary N) is 1. The van der Waals surface area contributed by atoms with Crippen molar-refractivity contribution in [3.63, 3.8) is 0 Å². The summed E-state index contributed by atoms with van der Waals surface area (Å²) in [6.07, 6.45) is 8.90. The smallest absolute Gasteiger partial charge is 0.222 e. The van der Waals surface area contributed by atoms with Crippen molar-refractivity contribution in [2.75, 3.05) is 11.4 Å². The predicted molar refractivity (Wildman–Crippen MR) is 127 cm³/mol. The molecule has 1 unspecified atom stereocenters. The van der Waals surface area contributed by atoms with Gasteiger partial charge in [0.25, 0.3) is 0 Å². The van der Waals surface area contributed by atoms with Gasteiger partial charge in [-0.25, -0.2) is 0 Å². The molecule has 4 fully saturated rings. The number of fused-ring (bicyclic) bond motifs is 2. The Balaban J connectivity index is 1.15. The molecule has 1 atom stereocenters. The third-order valence-corrected chi connectivity index (χ3v) is 9.61. The van der Waals surface area contributed by atoms with E-state index in [1.54, 1.807) is 0 Å². The Bertz CT molecular complexity index is 921. The van der Waals surface area contributed by atoms with Crippen molar-refractivity contribution >= 4 is 29.0 Å². The van der Waals surface area contributed by atoms with E-state index in [0.717, 1.165) is 17.8 Å². The maximum atomic E-state index is 13.1. The Morgan fingerprint density at radius 2 is 1.48 bits per heavy atom. The number of benzene rings is 2. The minimum absolute atomic E-state index is 0.205. The fourth-order valence-electron chi connectivity index (χ4n) is 7.41. The normalized spacial score (nSPS) is 31.1. The second kappa shape index (κ2) is 7.58. The lowest BCUT2D eigenvalue weighted by molar-refractivity contribution is -0.125. The maximum absolute atomic E-state index is 13.1. The third-order valence-electron chi connectivity index (χ3n) is 8.48. The first kappa shape index (κ1) is 19.7. The fraction of sp³-hybridized carbons (Fsp3) is 0.519. The SMILES string of the molecule is CC(NC(=O)CCN1c2ccccc2Sc2ccccc21)C12CC3CC(CC(C3)C1)C2. The van der Waals surface area contributed by atoms with Crippen molar-refractivity contribution in [2.24, 2.45) is 23.2 Å². The topological polar surface area (TPSA) is 32.3 Å². The van der Waals surface area contributed by atoms with E-state index in [2.05, 4.69) is 65.7 Å². The monoisotopic (exact) mass is 432 g/mol. The van der Waals surface area contributed by atoms with Gasteiger partial charge in [0, 0.05) is 28.8 Å². The summed E-state index contributed by atoms with van der Waals surface area (Å²) in [5, 5.41) is 3.45. The largest absolute Gasteiger partial charge is 0.353 e. The average Bonchev–Trinajstić information content (AvgIpc) is 2.75. The second-order valence-electron chi connectivity index (χ2n) is 10.5. The van der Waals surface area contributed by atoms with Crippen LogP contribution in [0.4, 0.5) is 11.4 Å². The van der Waals surface area contributed by atoms with Crippen LogP contribution in [0.2, 0.25) is 0 Å². The first-order valence-electron chi connectivity index (χ1n) is 12.0. The first-order valence-corrected chi connectivity index (χ1v) is 12.8. The zero-order valence-electron chi connectivity index (χ0n) is 18.3. The second-order valence-corrected chi connectivity index (χ2v) is 11.6. The van der Waals surface area contributed by atoms with E-state index < -0.39 is 0 Å². The molecule has 1 aliphatic heterocycles. The Kier molecular flexibility index (Phi) is 4.82. The summed E-state index contributed by atoms with van der Waals surface area (Å²) >= 11 is 1.82. The van der Waals surface area contributed by atoms with E-state index in [9.17, 15) is 4.79 Å². The molecule has 5 aliphatic rings. The molecule has 0 saturated heterocycles. The number of hydrogen-bond donors (Lipinski definition) is 1. The molecule has 1 N–H and O–H groups in total. The third kappa shape index (κ3) is 3.47. The van der Waals surface area contributed by atoms with E-state index in [0.29, 0.717) is 24.4 Å². The lowest BCUT2D eigenvalue weighted by atomic mass is 9.48. The van der Waals surface area contributed by atoms with E-state index in [1.165, 1.54) is 59.7 Å². The Morgan fingerprint density at radius 3 is 2.03 bits per heavy atom. The summed E-state index contributed by atoms with van der Waals surface area (Å²) in [5.41, 5.74) is 2.80. The first-order chi connectivity index (χ1) is 15.1. The van der Waals surface area contributed by atoms with Gasteiger partial charge in [-0.15, -0.1) is 0 Å². The van der Waals surface area contributed by atoms with Crippen LogP contribution in [0.1, 0.15) is 51.9 Å². The van der Waals surface area contributed by atoms with Crippen LogP contribution >= 0.6 is 11.8 Å². The number of carbonyl (C=O) groups is 1. The molecule has 0 radical (unpaired) electrons. The van der Waals surface area contributed by atoms with Crippen molar-refractivity contribution in [2.45, 2.75) is 67.7 Å². The molecule has 4 bridgehead atoms. The highest BCUT2D eigenvalue weighted by Gasteiger charge is 2.53. The van der Waals surface area contributed by atoms with Gasteiger partial charge in [-0.3, -0.25) is 4.79 Å². The van der Waals surface area contributed by atoms with Gasteiger partial charge in [0.05, 0.1) is 11.4 Å². The van der Waals surface area contributed by atoms with Crippen LogP contribution < -0.4 is 10.2 Å². The molecule has 7 rings (SSSR count). The summed E-state index contributed by atoms with van der Waals surface area (Å²) in [7, 11) is 0. The van der Waals surface area contributed by atoms with Gasteiger partial charge in [0.15, 0.2) is 0 Å². The number of para-hydroxylation sites is 2. The molecule has 162 valence electrons. The van der Waals surface area contributed by atoms with Crippen LogP contribution in [0.3, 0.4) is 0 Å². The van der Waals surface area contributed by atoms with Gasteiger partial charge in [-0.2, -0.15) is 0 Å². The molecular weight excluding hydrogens is 400 g/mol. The maximum Gasteiger partial charge on any atom is 0.222 e. The quantitative estimate of drug-likeness (QED) is 0.593. The molecule has 4 saturated carbocycles. The highest BCUT2D eigenvalue weighted by Crippen LogP contribution is 2.61. The highest BCUT2D eigenvalue weighted by atomic mass is 32.2. The molecule has 0 aromatic heterocycles. The van der Waals surface area contributed by atoms with Crippen molar-refractivity contribution in [1.82, 2.24) is 5.32 Å². The van der Waals surface area contributed by atoms with Crippen LogP contribution in [-0.4, -0.2) is 18.5 Å². The molecule has 2 aromatic carbocycles. The zero-order chi connectivity index (χ0) is 21.0. The summed E-state index contributed by atoms with van der Waals surface area (Å²) < 4.78 is 0. The van der Waals surface area contributed by atoms with Crippen LogP contribution in [0.15, 0.2) is 58.3 Å². The Morgan fingerprint density at radius 1 is 0.968 bits per heavy atom. The summed E-state index contributed by atoms with van der Waals surface area (Å²) in [5.74, 6) is 2.97. The molecule has 2 aromatic rings. The van der Waals surface area contributed by atoms with Gasteiger partial charge in [-0.05, 0) is 92.9 Å². The van der Waals surface area contributed by atoms with Gasteiger partial charge < -0.3 is 10.2 Å². The summed E-state index contributed by atoms with van der Waals surface area (Å²) in [4.78, 5) is 17.9. The number of hydrogen-bond acceptors (Lipinski definition) is 3. The molecule has 1 amide bonds. The zero-order valence-corrected chi connectivity index (χ0v) is 19.2. The van der Waals surface area contributed by atoms with E-state index in [-0.39, 0.29) is 5.91 Å². The number of nitrogens with zero attached hydrogens (tertiary/aromatic N) is 1. The van der Waals surface area contributed by atoms with Crippen molar-refractivity contribution in [3.8, 4) is 0 Å². The van der Waals surface area contributed by atoms with Crippen LogP contribution in [-0.2, 0) is 4.79 Å². The Labute approximate surface area is 190 Å². The standard InChI is InChI=1S/C27H32N2OS/c1-18(27-15-19-12-20(16-27)14-21(13-19)17-27)28-26(30)10-11-29-22-6-2-4-8-24(22)31-25-9-5-3-7-23(25)29/h2-9,18-21H,10-17H2,1H3,(H,28,30). The van der Waals surface area contributed by atoms with Gasteiger partial charge in [0.1, 0.15) is 0 Å². The van der Waals surface area contributed by atoms with E-state index in [4.69, 9.17) is 0 Å². The van der Waals surface area contributed by atoms with Gasteiger partial charge in [-0.1, -0.05) is 36.0 Å². The number of anilines is 2. The lowest BCUT2D eigenvalue weighted by Gasteiger charge is -2.59. The average molecular weight is 433 g/mol. The minimum Gasteiger partial charge on any atom is -0.353 e. The van der Waals surface area contributed by atoms with Crippen LogP contribution in [0, 0.1) is 23.2 Å². The van der Waals surface area contributed by atoms with Crippen molar-refractivity contribution in [1.29, 1.82) is 0 Å². The summed E-state index contributed by atoms with van der Waals surface area (Å²) in [6, 6.07) is 17.4. The molecule has 1 heterocycles. The molecule has 0 spiro atoms. The van der Waals surface area contributed by atoms with Crippen LogP contribution in [0.25, 0.3) is 0 Å². The Hall–Kier alpha value is -1.94. The van der Waals surface area contributed by atoms with E-state index in [1.807, 2.05) is 11.8 Å². The summed E-state index contributed by atoms with van der Waals surface area (Å²) in [6.45, 7) is 3.00. The molecule has 4 heteroatoms. The molecule has 3 nitrogen and oxygen atoms in total. The number of carbonyl (C=O) groups excluding carboxylic acids is 1. The van der Waals surface area contributed by atoms with Crippen LogP contribution in [0.5, 0.6) is 0 Å². The number of amides is 1. The minimum atomic E-state index is 0.205. The van der Waals surface area contributed by atoms with Gasteiger partial charge in [0.2, 0.25) is 5.91 Å². The molecular formula is C27H32N2OS. The predicted octanol–water partition coefficient (Wildman–Crippen LogP) is 6.40. The fourth-order valence-corrected chi connectivity index (χ4v) is 8.51. The van der Waals surface area contributed by atoms with Crippen molar-refractivity contribution < 1.29 is 4.79 Å².